The molecule has 0 saturated carbocycles. The molecule has 0 amide bonds. The first-order valence-electron chi connectivity index (χ1n) is 6.28. The molecule has 0 rings (SSSR count). The summed E-state index contributed by atoms with van der Waals surface area (Å²) in [5.74, 6) is 2.35. The van der Waals surface area contributed by atoms with E-state index in [1.807, 2.05) is 11.8 Å². The lowest BCUT2D eigenvalue weighted by molar-refractivity contribution is 0.132. The third kappa shape index (κ3) is 7.24. The normalized spacial score (nSPS) is 16.0. The molecule has 0 heterocycles. The van der Waals surface area contributed by atoms with E-state index < -0.39 is 0 Å². The molecule has 0 bridgehead atoms. The predicted molar refractivity (Wildman–Crippen MR) is 71.5 cm³/mol. The summed E-state index contributed by atoms with van der Waals surface area (Å²) in [4.78, 5) is 0. The van der Waals surface area contributed by atoms with Crippen LogP contribution < -0.4 is 0 Å². The van der Waals surface area contributed by atoms with Gasteiger partial charge in [0.15, 0.2) is 0 Å². The van der Waals surface area contributed by atoms with E-state index in [1.165, 1.54) is 18.6 Å². The second-order valence-corrected chi connectivity index (χ2v) is 6.42. The third-order valence-corrected chi connectivity index (χ3v) is 4.33. The van der Waals surface area contributed by atoms with Gasteiger partial charge in [-0.25, -0.2) is 0 Å². The lowest BCUT2D eigenvalue weighted by Crippen LogP contribution is -2.29. The van der Waals surface area contributed by atoms with Crippen molar-refractivity contribution >= 4 is 11.8 Å². The molecule has 1 nitrogen and oxygen atoms in total. The maximum atomic E-state index is 10.1. The van der Waals surface area contributed by atoms with Crippen molar-refractivity contribution in [2.45, 2.75) is 65.2 Å². The minimum Gasteiger partial charge on any atom is -0.392 e. The first-order valence-corrected chi connectivity index (χ1v) is 7.33. The molecule has 0 aliphatic rings. The predicted octanol–water partition coefficient (Wildman–Crippen LogP) is 3.95. The van der Waals surface area contributed by atoms with E-state index in [9.17, 15) is 5.11 Å². The van der Waals surface area contributed by atoms with Crippen molar-refractivity contribution in [2.24, 2.45) is 11.8 Å². The minimum atomic E-state index is -0.133. The summed E-state index contributed by atoms with van der Waals surface area (Å²) >= 11 is 1.95. The summed E-state index contributed by atoms with van der Waals surface area (Å²) < 4.78 is 0. The first-order chi connectivity index (χ1) is 6.99. The van der Waals surface area contributed by atoms with Gasteiger partial charge >= 0.3 is 0 Å². The standard InChI is InChI=1S/C13H28OS/c1-6-7-8-15-13(11(4)5)12(14)9-10(2)3/h10-14H,6-9H2,1-5H3/t12-,13?/m1/s1. The largest absolute Gasteiger partial charge is 0.392 e. The monoisotopic (exact) mass is 232 g/mol. The number of unbranched alkanes of at least 4 members (excludes halogenated alkanes) is 1. The highest BCUT2D eigenvalue weighted by Crippen LogP contribution is 2.27. The summed E-state index contributed by atoms with van der Waals surface area (Å²) in [7, 11) is 0. The zero-order chi connectivity index (χ0) is 11.8. The molecule has 0 aromatic heterocycles. The molecule has 0 aliphatic carbocycles. The van der Waals surface area contributed by atoms with Crippen molar-refractivity contribution in [3.05, 3.63) is 0 Å². The molecule has 2 heteroatoms. The Hall–Kier alpha value is 0.310. The van der Waals surface area contributed by atoms with E-state index in [0.717, 1.165) is 6.42 Å². The third-order valence-electron chi connectivity index (χ3n) is 2.56. The number of rotatable bonds is 8. The van der Waals surface area contributed by atoms with Crippen molar-refractivity contribution in [1.29, 1.82) is 0 Å². The lowest BCUT2D eigenvalue weighted by Gasteiger charge is -2.27. The fourth-order valence-corrected chi connectivity index (χ4v) is 3.17. The van der Waals surface area contributed by atoms with Gasteiger partial charge in [0.25, 0.3) is 0 Å². The highest BCUT2D eigenvalue weighted by Gasteiger charge is 2.23. The zero-order valence-corrected chi connectivity index (χ0v) is 11.8. The summed E-state index contributed by atoms with van der Waals surface area (Å²) in [6, 6.07) is 0. The Morgan fingerprint density at radius 3 is 2.13 bits per heavy atom. The molecule has 1 N–H and O–H groups in total. The Balaban J connectivity index is 4.01. The van der Waals surface area contributed by atoms with E-state index in [1.54, 1.807) is 0 Å². The van der Waals surface area contributed by atoms with Crippen LogP contribution in [0.2, 0.25) is 0 Å². The minimum absolute atomic E-state index is 0.133. The van der Waals surface area contributed by atoms with Gasteiger partial charge in [0, 0.05) is 5.25 Å². The van der Waals surface area contributed by atoms with Crippen molar-refractivity contribution in [3.8, 4) is 0 Å². The highest BCUT2D eigenvalue weighted by molar-refractivity contribution is 7.99. The molecular formula is C13H28OS. The van der Waals surface area contributed by atoms with Crippen LogP contribution in [-0.4, -0.2) is 22.2 Å². The van der Waals surface area contributed by atoms with Crippen LogP contribution in [0.25, 0.3) is 0 Å². The van der Waals surface area contributed by atoms with E-state index in [-0.39, 0.29) is 6.10 Å². The lowest BCUT2D eigenvalue weighted by atomic mass is 9.97. The SMILES string of the molecule is CCCCSC(C(C)C)[C@H](O)CC(C)C. The summed E-state index contributed by atoms with van der Waals surface area (Å²) in [6.07, 6.45) is 3.31. The second kappa shape index (κ2) is 8.46. The van der Waals surface area contributed by atoms with Gasteiger partial charge in [-0.3, -0.25) is 0 Å². The molecule has 0 radical (unpaired) electrons. The highest BCUT2D eigenvalue weighted by atomic mass is 32.2. The van der Waals surface area contributed by atoms with Crippen LogP contribution in [0.4, 0.5) is 0 Å². The fraction of sp³-hybridized carbons (Fsp3) is 1.00. The first kappa shape index (κ1) is 15.3. The maximum absolute atomic E-state index is 10.1. The maximum Gasteiger partial charge on any atom is 0.0663 e. The molecular weight excluding hydrogens is 204 g/mol. The summed E-state index contributed by atoms with van der Waals surface area (Å²) in [5.41, 5.74) is 0. The average molecular weight is 232 g/mol. The van der Waals surface area contributed by atoms with E-state index in [0.29, 0.717) is 17.1 Å². The van der Waals surface area contributed by atoms with Gasteiger partial charge in [-0.05, 0) is 30.4 Å². The van der Waals surface area contributed by atoms with Crippen LogP contribution in [-0.2, 0) is 0 Å². The van der Waals surface area contributed by atoms with Gasteiger partial charge in [-0.1, -0.05) is 41.0 Å². The molecule has 0 saturated heterocycles. The summed E-state index contributed by atoms with van der Waals surface area (Å²) in [5, 5.41) is 10.5. The Kier molecular flexibility index (Phi) is 8.64. The Labute approximate surface area is 100 Å². The van der Waals surface area contributed by atoms with E-state index in [2.05, 4.69) is 34.6 Å². The van der Waals surface area contributed by atoms with Gasteiger partial charge in [0.05, 0.1) is 6.10 Å². The van der Waals surface area contributed by atoms with Gasteiger partial charge in [0.1, 0.15) is 0 Å². The number of hydrogen-bond acceptors (Lipinski definition) is 2. The summed E-state index contributed by atoms with van der Waals surface area (Å²) in [6.45, 7) is 11.0. The topological polar surface area (TPSA) is 20.2 Å². The quantitative estimate of drug-likeness (QED) is 0.639. The average Bonchev–Trinajstić information content (AvgIpc) is 2.10. The molecule has 0 spiro atoms. The van der Waals surface area contributed by atoms with Crippen LogP contribution in [0.5, 0.6) is 0 Å². The molecule has 0 aromatic carbocycles. The Bertz CT molecular complexity index is 145. The smallest absolute Gasteiger partial charge is 0.0663 e. The molecule has 15 heavy (non-hydrogen) atoms. The molecule has 0 aliphatic heterocycles. The van der Waals surface area contributed by atoms with E-state index >= 15 is 0 Å². The van der Waals surface area contributed by atoms with Crippen molar-refractivity contribution in [2.75, 3.05) is 5.75 Å². The van der Waals surface area contributed by atoms with Crippen LogP contribution in [0.15, 0.2) is 0 Å². The second-order valence-electron chi connectivity index (χ2n) is 5.13. The number of thioether (sulfide) groups is 1. The van der Waals surface area contributed by atoms with Crippen LogP contribution >= 0.6 is 11.8 Å². The fourth-order valence-electron chi connectivity index (χ4n) is 1.73. The Morgan fingerprint density at radius 2 is 1.73 bits per heavy atom. The van der Waals surface area contributed by atoms with Crippen molar-refractivity contribution < 1.29 is 5.11 Å². The van der Waals surface area contributed by atoms with Crippen LogP contribution in [0.1, 0.15) is 53.9 Å². The molecule has 1 unspecified atom stereocenters. The zero-order valence-electron chi connectivity index (χ0n) is 11.0. The van der Waals surface area contributed by atoms with Crippen LogP contribution in [0, 0.1) is 11.8 Å². The molecule has 92 valence electrons. The molecule has 0 fully saturated rings. The van der Waals surface area contributed by atoms with Gasteiger partial charge in [-0.2, -0.15) is 11.8 Å². The van der Waals surface area contributed by atoms with Crippen LogP contribution in [0.3, 0.4) is 0 Å². The number of aliphatic hydroxyl groups is 1. The number of hydrogen-bond donors (Lipinski definition) is 1. The van der Waals surface area contributed by atoms with Gasteiger partial charge in [0.2, 0.25) is 0 Å². The van der Waals surface area contributed by atoms with Gasteiger partial charge < -0.3 is 5.11 Å². The van der Waals surface area contributed by atoms with Crippen molar-refractivity contribution in [3.63, 3.8) is 0 Å². The van der Waals surface area contributed by atoms with Gasteiger partial charge in [-0.15, -0.1) is 0 Å². The van der Waals surface area contributed by atoms with Crippen molar-refractivity contribution in [1.82, 2.24) is 0 Å². The number of aliphatic hydroxyl groups excluding tert-OH is 1. The Morgan fingerprint density at radius 1 is 1.13 bits per heavy atom. The molecule has 0 aromatic rings. The molecule has 2 atom stereocenters. The van der Waals surface area contributed by atoms with E-state index in [4.69, 9.17) is 0 Å².